The average Bonchev–Trinajstić information content (AvgIpc) is 3.04. The molecule has 50 heavy (non-hydrogen) atoms. The van der Waals surface area contributed by atoms with Crippen molar-refractivity contribution in [2.45, 2.75) is 113 Å². The molecule has 0 bridgehead atoms. The summed E-state index contributed by atoms with van der Waals surface area (Å²) < 4.78 is 41.2. The molecule has 282 valence electrons. The monoisotopic (exact) mass is 710 g/mol. The van der Waals surface area contributed by atoms with Gasteiger partial charge in [0.25, 0.3) is 0 Å². The SMILES string of the molecule is C=CC(=O)C(C)CC.CC(F)(F)F.CCC(=N)c1c(C(O)COC(=O)CNC(=O)OC(C)(C)C)ccnc1Nc1ccc(C)cc1.CCCC. The quantitative estimate of drug-likeness (QED) is 0.0913. The second-order valence-corrected chi connectivity index (χ2v) is 12.2. The highest BCUT2D eigenvalue weighted by molar-refractivity contribution is 6.04. The summed E-state index contributed by atoms with van der Waals surface area (Å²) in [6, 6.07) is 9.31. The van der Waals surface area contributed by atoms with E-state index in [4.69, 9.17) is 14.9 Å². The molecule has 1 amide bonds. The van der Waals surface area contributed by atoms with Crippen LogP contribution in [0, 0.1) is 18.3 Å². The summed E-state index contributed by atoms with van der Waals surface area (Å²) in [5.41, 5.74) is 2.38. The summed E-state index contributed by atoms with van der Waals surface area (Å²) in [6.45, 7) is 20.1. The zero-order chi connectivity index (χ0) is 39.1. The number of pyridine rings is 1. The van der Waals surface area contributed by atoms with Crippen molar-refractivity contribution in [1.29, 1.82) is 5.41 Å². The summed E-state index contributed by atoms with van der Waals surface area (Å²) in [5.74, 6) is 0.0132. The van der Waals surface area contributed by atoms with E-state index in [0.717, 1.165) is 17.7 Å². The Hall–Kier alpha value is -4.26. The largest absolute Gasteiger partial charge is 0.461 e. The van der Waals surface area contributed by atoms with Crippen LogP contribution in [0.15, 0.2) is 49.2 Å². The van der Waals surface area contributed by atoms with E-state index >= 15 is 0 Å². The van der Waals surface area contributed by atoms with Crippen molar-refractivity contribution in [1.82, 2.24) is 10.3 Å². The van der Waals surface area contributed by atoms with Crippen LogP contribution < -0.4 is 10.6 Å². The van der Waals surface area contributed by atoms with Crippen molar-refractivity contribution in [2.75, 3.05) is 18.5 Å². The molecule has 0 aliphatic carbocycles. The van der Waals surface area contributed by atoms with Crippen molar-refractivity contribution < 1.29 is 42.1 Å². The third-order valence-electron chi connectivity index (χ3n) is 6.29. The number of aryl methyl sites for hydroxylation is 1. The highest BCUT2D eigenvalue weighted by Gasteiger charge is 2.22. The number of esters is 1. The van der Waals surface area contributed by atoms with Crippen LogP contribution in [0.5, 0.6) is 0 Å². The average molecular weight is 711 g/mol. The zero-order valence-corrected chi connectivity index (χ0v) is 31.2. The molecule has 0 fully saturated rings. The number of nitrogens with zero attached hydrogens (tertiary/aromatic N) is 1. The number of hydrogen-bond donors (Lipinski definition) is 4. The van der Waals surface area contributed by atoms with Crippen LogP contribution in [0.1, 0.15) is 111 Å². The Morgan fingerprint density at radius 3 is 1.98 bits per heavy atom. The molecule has 0 aliphatic heterocycles. The van der Waals surface area contributed by atoms with Gasteiger partial charge in [-0.15, -0.1) is 0 Å². The third kappa shape index (κ3) is 24.0. The molecule has 2 aromatic rings. The lowest BCUT2D eigenvalue weighted by molar-refractivity contribution is -0.145. The molecule has 0 radical (unpaired) electrons. The molecule has 10 nitrogen and oxygen atoms in total. The smallest absolute Gasteiger partial charge is 0.408 e. The Bertz CT molecular complexity index is 1320. The van der Waals surface area contributed by atoms with Crippen molar-refractivity contribution in [3.05, 3.63) is 65.9 Å². The van der Waals surface area contributed by atoms with Crippen LogP contribution in [0.2, 0.25) is 0 Å². The van der Waals surface area contributed by atoms with Crippen LogP contribution in [-0.4, -0.2) is 58.6 Å². The molecule has 0 saturated heterocycles. The van der Waals surface area contributed by atoms with Gasteiger partial charge in [-0.25, -0.2) is 9.78 Å². The number of anilines is 2. The number of hydrogen-bond acceptors (Lipinski definition) is 9. The second kappa shape index (κ2) is 24.8. The molecule has 1 aromatic heterocycles. The van der Waals surface area contributed by atoms with Gasteiger partial charge in [0.2, 0.25) is 0 Å². The van der Waals surface area contributed by atoms with Crippen LogP contribution in [-0.2, 0) is 19.1 Å². The summed E-state index contributed by atoms with van der Waals surface area (Å²) in [5, 5.41) is 24.6. The Labute approximate surface area is 295 Å². The number of nitrogens with one attached hydrogen (secondary N) is 3. The zero-order valence-electron chi connectivity index (χ0n) is 31.2. The Balaban J connectivity index is 0. The minimum atomic E-state index is -4.00. The van der Waals surface area contributed by atoms with E-state index in [1.165, 1.54) is 25.1 Å². The minimum absolute atomic E-state index is 0.146. The predicted molar refractivity (Wildman–Crippen MR) is 193 cm³/mol. The molecule has 0 aliphatic rings. The first-order chi connectivity index (χ1) is 23.1. The van der Waals surface area contributed by atoms with Crippen LogP contribution in [0.3, 0.4) is 0 Å². The van der Waals surface area contributed by atoms with Gasteiger partial charge in [0, 0.05) is 36.0 Å². The third-order valence-corrected chi connectivity index (χ3v) is 6.29. The van der Waals surface area contributed by atoms with Gasteiger partial charge in [0.1, 0.15) is 30.7 Å². The Morgan fingerprint density at radius 1 is 1.02 bits per heavy atom. The first kappa shape index (κ1) is 47.9. The second-order valence-electron chi connectivity index (χ2n) is 12.2. The van der Waals surface area contributed by atoms with E-state index < -0.39 is 36.5 Å². The molecular weight excluding hydrogens is 653 g/mol. The number of carbonyl (C=O) groups is 3. The van der Waals surface area contributed by atoms with E-state index in [2.05, 4.69) is 36.0 Å². The number of alkyl carbamates (subject to hydrolysis) is 1. The van der Waals surface area contributed by atoms with Crippen molar-refractivity contribution in [2.24, 2.45) is 5.92 Å². The van der Waals surface area contributed by atoms with E-state index in [9.17, 15) is 32.7 Å². The van der Waals surface area contributed by atoms with Gasteiger partial charge in [-0.2, -0.15) is 13.2 Å². The van der Waals surface area contributed by atoms with E-state index in [1.54, 1.807) is 26.8 Å². The van der Waals surface area contributed by atoms with Gasteiger partial charge >= 0.3 is 18.2 Å². The number of halogens is 3. The topological polar surface area (TPSA) is 151 Å². The van der Waals surface area contributed by atoms with Gasteiger partial charge in [0.05, 0.1) is 0 Å². The molecule has 1 heterocycles. The van der Waals surface area contributed by atoms with Gasteiger partial charge in [-0.1, -0.05) is 71.7 Å². The van der Waals surface area contributed by atoms with Gasteiger partial charge in [-0.3, -0.25) is 9.59 Å². The number of aliphatic hydroxyl groups is 1. The molecular formula is C37H57F3N4O6. The van der Waals surface area contributed by atoms with E-state index in [0.29, 0.717) is 23.4 Å². The first-order valence-corrected chi connectivity index (χ1v) is 16.6. The van der Waals surface area contributed by atoms with Crippen molar-refractivity contribution in [3.8, 4) is 0 Å². The van der Waals surface area contributed by atoms with Gasteiger partial charge < -0.3 is 30.6 Å². The minimum Gasteiger partial charge on any atom is -0.461 e. The van der Waals surface area contributed by atoms with Gasteiger partial charge in [-0.05, 0) is 70.4 Å². The first-order valence-electron chi connectivity index (χ1n) is 16.6. The number of rotatable bonds is 13. The fourth-order valence-electron chi connectivity index (χ4n) is 3.29. The highest BCUT2D eigenvalue weighted by Crippen LogP contribution is 2.28. The lowest BCUT2D eigenvalue weighted by Crippen LogP contribution is -2.36. The number of amides is 1. The molecule has 2 rings (SSSR count). The van der Waals surface area contributed by atoms with Crippen molar-refractivity contribution >= 4 is 35.1 Å². The number of benzene rings is 1. The Morgan fingerprint density at radius 2 is 1.56 bits per heavy atom. The highest BCUT2D eigenvalue weighted by atomic mass is 19.4. The summed E-state index contributed by atoms with van der Waals surface area (Å²) >= 11 is 0. The molecule has 13 heteroatoms. The maximum absolute atomic E-state index is 12.0. The fraction of sp³-hybridized carbons (Fsp3) is 0.541. The van der Waals surface area contributed by atoms with Gasteiger partial charge in [0.15, 0.2) is 5.78 Å². The molecule has 0 saturated carbocycles. The summed E-state index contributed by atoms with van der Waals surface area (Å²) in [6.07, 6.45) is 0.957. The number of alkyl halides is 3. The van der Waals surface area contributed by atoms with Crippen molar-refractivity contribution in [3.63, 3.8) is 0 Å². The molecule has 4 N–H and O–H groups in total. The van der Waals surface area contributed by atoms with Crippen LogP contribution in [0.25, 0.3) is 0 Å². The molecule has 2 unspecified atom stereocenters. The number of ketones is 1. The van der Waals surface area contributed by atoms with Crippen LogP contribution >= 0.6 is 0 Å². The van der Waals surface area contributed by atoms with E-state index in [-0.39, 0.29) is 30.9 Å². The number of unbranched alkanes of at least 4 members (excludes halogenated alkanes) is 1. The maximum Gasteiger partial charge on any atom is 0.408 e. The standard InChI is InChI=1S/C24H32N4O5.C7H12O.C4H10.C2H3F3/c1-6-18(25)21-17(11-12-26-22(21)28-16-9-7-15(2)8-10-16)19(29)14-32-20(30)13-27-23(31)33-24(3,4)5;1-4-6(3)7(8)5-2;1-3-4-2;1-2(3,4)5/h7-12,19,25,29H,6,13-14H2,1-5H3,(H,26,28)(H,27,31);5-6H,2,4H2,1,3H3;3-4H2,1-2H3;1H3. The normalized spacial score (nSPS) is 11.7. The number of aliphatic hydroxyl groups excluding tert-OH is 1. The lowest BCUT2D eigenvalue weighted by Gasteiger charge is -2.20. The van der Waals surface area contributed by atoms with E-state index in [1.807, 2.05) is 52.0 Å². The number of ether oxygens (including phenoxy) is 2. The molecule has 0 spiro atoms. The number of allylic oxidation sites excluding steroid dienone is 1. The summed E-state index contributed by atoms with van der Waals surface area (Å²) in [7, 11) is 0. The maximum atomic E-state index is 12.0. The number of aromatic nitrogens is 1. The number of carbonyl (C=O) groups excluding carboxylic acids is 3. The lowest BCUT2D eigenvalue weighted by atomic mass is 9.98. The van der Waals surface area contributed by atoms with Crippen LogP contribution in [0.4, 0.5) is 29.5 Å². The fourth-order valence-corrected chi connectivity index (χ4v) is 3.29. The molecule has 2 atom stereocenters. The Kier molecular flexibility index (Phi) is 23.7. The predicted octanol–water partition coefficient (Wildman–Crippen LogP) is 9.18. The summed E-state index contributed by atoms with van der Waals surface area (Å²) in [4.78, 5) is 38.6. The molecule has 1 aromatic carbocycles.